The zero-order valence-corrected chi connectivity index (χ0v) is 18.8. The summed E-state index contributed by atoms with van der Waals surface area (Å²) < 4.78 is 49.1. The molecule has 164 valence electrons. The lowest BCUT2D eigenvalue weighted by Gasteiger charge is -2.34. The van der Waals surface area contributed by atoms with Crippen LogP contribution in [0, 0.1) is 5.82 Å². The van der Waals surface area contributed by atoms with Crippen LogP contribution in [0.5, 0.6) is 0 Å². The average molecular weight is 484 g/mol. The van der Waals surface area contributed by atoms with Gasteiger partial charge in [0.05, 0.1) is 22.8 Å². The van der Waals surface area contributed by atoms with Crippen molar-refractivity contribution in [3.8, 4) is 0 Å². The standard InChI is InChI=1S/C19H19ClFN5O3S2/c1-12(13-5-6-15(21)14(20)11-13)22-19(27)25-7-9-26(10-8-25)31(28,29)17-4-2-3-16-18(17)24-30-23-16/h2-6,11-12H,7-10H2,1H3,(H,22,27). The lowest BCUT2D eigenvalue weighted by Crippen LogP contribution is -2.53. The van der Waals surface area contributed by atoms with Gasteiger partial charge in [0.25, 0.3) is 0 Å². The van der Waals surface area contributed by atoms with E-state index in [1.165, 1.54) is 22.5 Å². The summed E-state index contributed by atoms with van der Waals surface area (Å²) in [5, 5.41) is 2.83. The van der Waals surface area contributed by atoms with Crippen LogP contribution in [0.15, 0.2) is 41.3 Å². The van der Waals surface area contributed by atoms with Crippen LogP contribution in [0.2, 0.25) is 5.02 Å². The number of halogens is 2. The quantitative estimate of drug-likeness (QED) is 0.614. The number of aromatic nitrogens is 2. The number of carbonyl (C=O) groups is 1. The molecule has 31 heavy (non-hydrogen) atoms. The molecule has 0 radical (unpaired) electrons. The van der Waals surface area contributed by atoms with E-state index in [0.29, 0.717) is 16.6 Å². The number of hydrogen-bond acceptors (Lipinski definition) is 6. The van der Waals surface area contributed by atoms with Crippen LogP contribution in [0.1, 0.15) is 18.5 Å². The molecule has 8 nitrogen and oxygen atoms in total. The fourth-order valence-corrected chi connectivity index (χ4v) is 5.77. The second-order valence-electron chi connectivity index (χ2n) is 7.12. The SMILES string of the molecule is CC(NC(=O)N1CCN(S(=O)(=O)c2cccc3nsnc23)CC1)c1ccc(F)c(Cl)c1. The molecule has 0 bridgehead atoms. The predicted octanol–water partition coefficient (Wildman–Crippen LogP) is 3.26. The van der Waals surface area contributed by atoms with Gasteiger partial charge in [-0.1, -0.05) is 23.7 Å². The highest BCUT2D eigenvalue weighted by molar-refractivity contribution is 7.89. The highest BCUT2D eigenvalue weighted by Gasteiger charge is 2.32. The van der Waals surface area contributed by atoms with Crippen molar-refractivity contribution in [2.45, 2.75) is 17.9 Å². The fourth-order valence-electron chi connectivity index (χ4n) is 3.40. The maximum absolute atomic E-state index is 13.4. The summed E-state index contributed by atoms with van der Waals surface area (Å²) in [5.74, 6) is -0.523. The Hall–Kier alpha value is -2.34. The molecular formula is C19H19ClFN5O3S2. The van der Waals surface area contributed by atoms with Gasteiger partial charge in [-0.3, -0.25) is 0 Å². The smallest absolute Gasteiger partial charge is 0.317 e. The number of rotatable bonds is 4. The van der Waals surface area contributed by atoms with Crippen molar-refractivity contribution in [2.24, 2.45) is 0 Å². The Bertz CT molecular complexity index is 1230. The lowest BCUT2D eigenvalue weighted by atomic mass is 10.1. The number of sulfonamides is 1. The van der Waals surface area contributed by atoms with E-state index in [1.54, 1.807) is 30.0 Å². The van der Waals surface area contributed by atoms with Crippen molar-refractivity contribution in [2.75, 3.05) is 26.2 Å². The van der Waals surface area contributed by atoms with E-state index in [4.69, 9.17) is 11.6 Å². The predicted molar refractivity (Wildman–Crippen MR) is 116 cm³/mol. The molecule has 1 aliphatic rings. The number of piperazine rings is 1. The van der Waals surface area contributed by atoms with Gasteiger partial charge in [-0.15, -0.1) is 0 Å². The first-order valence-electron chi connectivity index (χ1n) is 9.49. The number of hydrogen-bond donors (Lipinski definition) is 1. The van der Waals surface area contributed by atoms with E-state index in [0.717, 1.165) is 11.7 Å². The number of benzene rings is 2. The van der Waals surface area contributed by atoms with E-state index in [1.807, 2.05) is 0 Å². The first kappa shape index (κ1) is 21.9. The minimum atomic E-state index is -3.75. The Balaban J connectivity index is 1.40. The van der Waals surface area contributed by atoms with Gasteiger partial charge in [-0.25, -0.2) is 17.6 Å². The number of fused-ring (bicyclic) bond motifs is 1. The number of urea groups is 1. The Kier molecular flexibility index (Phi) is 6.11. The summed E-state index contributed by atoms with van der Waals surface area (Å²) in [6.07, 6.45) is 0. The van der Waals surface area contributed by atoms with Crippen LogP contribution >= 0.6 is 23.3 Å². The maximum Gasteiger partial charge on any atom is 0.317 e. The third kappa shape index (κ3) is 4.36. The Morgan fingerprint density at radius 3 is 2.65 bits per heavy atom. The van der Waals surface area contributed by atoms with Gasteiger partial charge in [0, 0.05) is 26.2 Å². The number of amides is 2. The summed E-state index contributed by atoms with van der Waals surface area (Å²) in [6, 6.07) is 8.46. The van der Waals surface area contributed by atoms with Gasteiger partial charge >= 0.3 is 6.03 Å². The molecule has 3 aromatic rings. The van der Waals surface area contributed by atoms with E-state index >= 15 is 0 Å². The van der Waals surface area contributed by atoms with Crippen LogP contribution < -0.4 is 5.32 Å². The van der Waals surface area contributed by atoms with E-state index in [2.05, 4.69) is 14.1 Å². The van der Waals surface area contributed by atoms with E-state index < -0.39 is 15.8 Å². The van der Waals surface area contributed by atoms with Crippen LogP contribution in [-0.2, 0) is 10.0 Å². The van der Waals surface area contributed by atoms with Crippen molar-refractivity contribution in [1.82, 2.24) is 23.3 Å². The first-order valence-corrected chi connectivity index (χ1v) is 12.0. The highest BCUT2D eigenvalue weighted by Crippen LogP contribution is 2.25. The van der Waals surface area contributed by atoms with Gasteiger partial charge in [0.15, 0.2) is 0 Å². The molecule has 4 rings (SSSR count). The molecule has 0 saturated carbocycles. The molecular weight excluding hydrogens is 465 g/mol. The van der Waals surface area contributed by atoms with Crippen LogP contribution in [0.4, 0.5) is 9.18 Å². The summed E-state index contributed by atoms with van der Waals surface area (Å²) in [6.45, 7) is 2.59. The summed E-state index contributed by atoms with van der Waals surface area (Å²) >= 11 is 6.78. The number of nitrogens with one attached hydrogen (secondary N) is 1. The molecule has 12 heteroatoms. The zero-order valence-electron chi connectivity index (χ0n) is 16.5. The van der Waals surface area contributed by atoms with Gasteiger partial charge in [-0.2, -0.15) is 13.1 Å². The molecule has 1 N–H and O–H groups in total. The van der Waals surface area contributed by atoms with Crippen LogP contribution in [0.3, 0.4) is 0 Å². The third-order valence-electron chi connectivity index (χ3n) is 5.18. The molecule has 1 atom stereocenters. The van der Waals surface area contributed by atoms with Crippen LogP contribution in [-0.4, -0.2) is 58.6 Å². The second kappa shape index (κ2) is 8.65. The molecule has 1 aliphatic heterocycles. The van der Waals surface area contributed by atoms with Crippen LogP contribution in [0.25, 0.3) is 11.0 Å². The second-order valence-corrected chi connectivity index (χ2v) is 9.97. The van der Waals surface area contributed by atoms with Gasteiger partial charge < -0.3 is 10.2 Å². The maximum atomic E-state index is 13.4. The largest absolute Gasteiger partial charge is 0.331 e. The van der Waals surface area contributed by atoms with Crippen molar-refractivity contribution in [3.63, 3.8) is 0 Å². The molecule has 0 aliphatic carbocycles. The highest BCUT2D eigenvalue weighted by atomic mass is 35.5. The number of carbonyl (C=O) groups excluding carboxylic acids is 1. The summed E-state index contributed by atoms with van der Waals surface area (Å²) in [4.78, 5) is 14.3. The zero-order chi connectivity index (χ0) is 22.2. The molecule has 2 amide bonds. The van der Waals surface area contributed by atoms with Crippen molar-refractivity contribution < 1.29 is 17.6 Å². The molecule has 1 aromatic heterocycles. The van der Waals surface area contributed by atoms with Gasteiger partial charge in [-0.05, 0) is 36.8 Å². The first-order chi connectivity index (χ1) is 14.8. The molecule has 1 unspecified atom stereocenters. The summed E-state index contributed by atoms with van der Waals surface area (Å²) in [5.41, 5.74) is 1.57. The third-order valence-corrected chi connectivity index (χ3v) is 7.94. The monoisotopic (exact) mass is 483 g/mol. The Morgan fingerprint density at radius 1 is 1.19 bits per heavy atom. The fraction of sp³-hybridized carbons (Fsp3) is 0.316. The van der Waals surface area contributed by atoms with Crippen molar-refractivity contribution in [1.29, 1.82) is 0 Å². The normalized spacial score (nSPS) is 16.4. The van der Waals surface area contributed by atoms with Gasteiger partial charge in [0.1, 0.15) is 21.7 Å². The molecule has 0 spiro atoms. The lowest BCUT2D eigenvalue weighted by molar-refractivity contribution is 0.169. The van der Waals surface area contributed by atoms with Crippen molar-refractivity contribution >= 4 is 50.4 Å². The summed E-state index contributed by atoms with van der Waals surface area (Å²) in [7, 11) is -3.75. The van der Waals surface area contributed by atoms with Gasteiger partial charge in [0.2, 0.25) is 10.0 Å². The molecule has 1 fully saturated rings. The van der Waals surface area contributed by atoms with E-state index in [9.17, 15) is 17.6 Å². The van der Waals surface area contributed by atoms with E-state index in [-0.39, 0.29) is 48.2 Å². The Morgan fingerprint density at radius 2 is 1.94 bits per heavy atom. The molecule has 1 saturated heterocycles. The Labute approximate surface area is 188 Å². The molecule has 2 aromatic carbocycles. The molecule has 2 heterocycles. The van der Waals surface area contributed by atoms with Crippen molar-refractivity contribution in [3.05, 3.63) is 52.8 Å². The number of nitrogens with zero attached hydrogens (tertiary/aromatic N) is 4. The minimum absolute atomic E-state index is 0.0113. The minimum Gasteiger partial charge on any atom is -0.331 e. The average Bonchev–Trinajstić information content (AvgIpc) is 3.24. The topological polar surface area (TPSA) is 95.5 Å².